The summed E-state index contributed by atoms with van der Waals surface area (Å²) in [6.45, 7) is 8.60. The fraction of sp³-hybridized carbons (Fsp3) is 0.375. The molecule has 9 nitrogen and oxygen atoms in total. The minimum absolute atomic E-state index is 0.00439. The lowest BCUT2D eigenvalue weighted by Gasteiger charge is -2.17. The standard InChI is InChI=1S/C24H31N3O6/c1-5-31-19-14-17(15-20(32-6-2)22(19)33-7-3)23(29)27-26-21(28)12-13-25-24(30)18-11-9-8-10-16(18)4/h8-11,14-15H,5-7,12-13H2,1-4H3,(H,25,30)(H,26,28)(H,27,29). The van der Waals surface area contributed by atoms with Crippen molar-refractivity contribution in [3.05, 3.63) is 53.1 Å². The lowest BCUT2D eigenvalue weighted by Crippen LogP contribution is -2.42. The van der Waals surface area contributed by atoms with E-state index in [9.17, 15) is 14.4 Å². The van der Waals surface area contributed by atoms with E-state index < -0.39 is 11.8 Å². The van der Waals surface area contributed by atoms with Crippen molar-refractivity contribution in [2.45, 2.75) is 34.1 Å². The monoisotopic (exact) mass is 457 g/mol. The van der Waals surface area contributed by atoms with Gasteiger partial charge in [0.2, 0.25) is 11.7 Å². The van der Waals surface area contributed by atoms with E-state index in [4.69, 9.17) is 14.2 Å². The smallest absolute Gasteiger partial charge is 0.269 e. The molecule has 0 radical (unpaired) electrons. The van der Waals surface area contributed by atoms with Crippen molar-refractivity contribution in [3.8, 4) is 17.2 Å². The average Bonchev–Trinajstić information content (AvgIpc) is 2.80. The third-order valence-electron chi connectivity index (χ3n) is 4.51. The highest BCUT2D eigenvalue weighted by atomic mass is 16.5. The van der Waals surface area contributed by atoms with Gasteiger partial charge in [0.1, 0.15) is 0 Å². The molecule has 0 aliphatic rings. The average molecular weight is 458 g/mol. The Labute approximate surface area is 193 Å². The Balaban J connectivity index is 1.94. The maximum Gasteiger partial charge on any atom is 0.269 e. The molecule has 9 heteroatoms. The van der Waals surface area contributed by atoms with Gasteiger partial charge >= 0.3 is 0 Å². The van der Waals surface area contributed by atoms with Gasteiger partial charge in [-0.2, -0.15) is 0 Å². The van der Waals surface area contributed by atoms with Crippen LogP contribution in [0.1, 0.15) is 53.5 Å². The Hall–Kier alpha value is -3.75. The van der Waals surface area contributed by atoms with Gasteiger partial charge in [-0.25, -0.2) is 0 Å². The molecule has 0 saturated carbocycles. The molecule has 0 spiro atoms. The first-order chi connectivity index (χ1) is 15.9. The molecule has 0 saturated heterocycles. The third-order valence-corrected chi connectivity index (χ3v) is 4.51. The van der Waals surface area contributed by atoms with Crippen molar-refractivity contribution in [2.75, 3.05) is 26.4 Å². The number of carbonyl (C=O) groups excluding carboxylic acids is 3. The Bertz CT molecular complexity index is 949. The zero-order valence-electron chi connectivity index (χ0n) is 19.4. The summed E-state index contributed by atoms with van der Waals surface area (Å²) in [6.07, 6.45) is -0.00439. The fourth-order valence-corrected chi connectivity index (χ4v) is 2.99. The molecule has 0 aliphatic heterocycles. The number of hydrogen-bond acceptors (Lipinski definition) is 6. The normalized spacial score (nSPS) is 10.2. The van der Waals surface area contributed by atoms with E-state index in [0.717, 1.165) is 5.56 Å². The third kappa shape index (κ3) is 7.41. The van der Waals surface area contributed by atoms with Gasteiger partial charge in [-0.1, -0.05) is 18.2 Å². The van der Waals surface area contributed by atoms with Gasteiger partial charge in [0, 0.05) is 24.1 Å². The van der Waals surface area contributed by atoms with Crippen molar-refractivity contribution in [1.82, 2.24) is 16.2 Å². The quantitative estimate of drug-likeness (QED) is 0.447. The van der Waals surface area contributed by atoms with Crippen molar-refractivity contribution in [1.29, 1.82) is 0 Å². The summed E-state index contributed by atoms with van der Waals surface area (Å²) < 4.78 is 16.8. The summed E-state index contributed by atoms with van der Waals surface area (Å²) >= 11 is 0. The maximum absolute atomic E-state index is 12.6. The Morgan fingerprint density at radius 2 is 1.42 bits per heavy atom. The highest BCUT2D eigenvalue weighted by Crippen LogP contribution is 2.39. The molecule has 0 unspecified atom stereocenters. The molecule has 33 heavy (non-hydrogen) atoms. The SMILES string of the molecule is CCOc1cc(C(=O)NNC(=O)CCNC(=O)c2ccccc2C)cc(OCC)c1OCC. The van der Waals surface area contributed by atoms with Crippen LogP contribution in [0.2, 0.25) is 0 Å². The summed E-state index contributed by atoms with van der Waals surface area (Å²) in [5.41, 5.74) is 6.35. The van der Waals surface area contributed by atoms with E-state index in [-0.39, 0.29) is 24.4 Å². The van der Waals surface area contributed by atoms with Gasteiger partial charge < -0.3 is 19.5 Å². The van der Waals surface area contributed by atoms with Crippen LogP contribution in [-0.4, -0.2) is 44.1 Å². The number of benzene rings is 2. The molecule has 0 heterocycles. The molecule has 0 aromatic heterocycles. The molecular weight excluding hydrogens is 426 g/mol. The number of hydrogen-bond donors (Lipinski definition) is 3. The van der Waals surface area contributed by atoms with E-state index in [1.54, 1.807) is 12.1 Å². The lowest BCUT2D eigenvalue weighted by atomic mass is 10.1. The van der Waals surface area contributed by atoms with Crippen LogP contribution in [0.15, 0.2) is 36.4 Å². The van der Waals surface area contributed by atoms with Crippen LogP contribution in [0.25, 0.3) is 0 Å². The van der Waals surface area contributed by atoms with E-state index in [2.05, 4.69) is 16.2 Å². The zero-order valence-corrected chi connectivity index (χ0v) is 19.4. The zero-order chi connectivity index (χ0) is 24.2. The first-order valence-corrected chi connectivity index (χ1v) is 10.9. The van der Waals surface area contributed by atoms with Crippen LogP contribution >= 0.6 is 0 Å². The summed E-state index contributed by atoms with van der Waals surface area (Å²) in [7, 11) is 0. The van der Waals surface area contributed by atoms with Crippen LogP contribution in [0.3, 0.4) is 0 Å². The number of rotatable bonds is 11. The first-order valence-electron chi connectivity index (χ1n) is 10.9. The van der Waals surface area contributed by atoms with Crippen LogP contribution in [0.5, 0.6) is 17.2 Å². The Morgan fingerprint density at radius 1 is 0.818 bits per heavy atom. The number of aryl methyl sites for hydroxylation is 1. The molecule has 0 aliphatic carbocycles. The van der Waals surface area contributed by atoms with Crippen molar-refractivity contribution >= 4 is 17.7 Å². The molecule has 2 aromatic rings. The van der Waals surface area contributed by atoms with Gasteiger partial charge in [-0.3, -0.25) is 25.2 Å². The summed E-state index contributed by atoms with van der Waals surface area (Å²) in [5.74, 6) is -0.0783. The van der Waals surface area contributed by atoms with E-state index in [0.29, 0.717) is 42.6 Å². The number of hydrazine groups is 1. The predicted octanol–water partition coefficient (Wildman–Crippen LogP) is 2.77. The first kappa shape index (κ1) is 25.5. The Morgan fingerprint density at radius 3 is 2.00 bits per heavy atom. The highest BCUT2D eigenvalue weighted by Gasteiger charge is 2.19. The molecule has 0 bridgehead atoms. The topological polar surface area (TPSA) is 115 Å². The van der Waals surface area contributed by atoms with Crippen molar-refractivity contribution in [3.63, 3.8) is 0 Å². The molecule has 2 rings (SSSR count). The molecule has 3 amide bonds. The second kappa shape index (κ2) is 12.9. The number of amides is 3. The summed E-state index contributed by atoms with van der Waals surface area (Å²) in [5, 5.41) is 2.69. The van der Waals surface area contributed by atoms with Crippen molar-refractivity contribution < 1.29 is 28.6 Å². The largest absolute Gasteiger partial charge is 0.490 e. The molecular formula is C24H31N3O6. The van der Waals surface area contributed by atoms with Crippen molar-refractivity contribution in [2.24, 2.45) is 0 Å². The van der Waals surface area contributed by atoms with Gasteiger partial charge in [-0.05, 0) is 51.5 Å². The van der Waals surface area contributed by atoms with Gasteiger partial charge in [-0.15, -0.1) is 0 Å². The van der Waals surface area contributed by atoms with E-state index in [1.807, 2.05) is 39.8 Å². The van der Waals surface area contributed by atoms with E-state index in [1.165, 1.54) is 12.1 Å². The van der Waals surface area contributed by atoms with Gasteiger partial charge in [0.05, 0.1) is 19.8 Å². The van der Waals surface area contributed by atoms with Crippen LogP contribution < -0.4 is 30.4 Å². The molecule has 3 N–H and O–H groups in total. The van der Waals surface area contributed by atoms with Crippen LogP contribution in [0, 0.1) is 6.92 Å². The van der Waals surface area contributed by atoms with E-state index >= 15 is 0 Å². The number of nitrogens with one attached hydrogen (secondary N) is 3. The van der Waals surface area contributed by atoms with Gasteiger partial charge in [0.25, 0.3) is 11.8 Å². The fourth-order valence-electron chi connectivity index (χ4n) is 2.99. The van der Waals surface area contributed by atoms with Crippen LogP contribution in [-0.2, 0) is 4.79 Å². The van der Waals surface area contributed by atoms with Gasteiger partial charge in [0.15, 0.2) is 11.5 Å². The molecule has 0 fully saturated rings. The minimum Gasteiger partial charge on any atom is -0.490 e. The summed E-state index contributed by atoms with van der Waals surface area (Å²) in [6, 6.07) is 10.2. The number of carbonyl (C=O) groups is 3. The second-order valence-corrected chi connectivity index (χ2v) is 6.92. The predicted molar refractivity (Wildman–Crippen MR) is 124 cm³/mol. The molecule has 178 valence electrons. The second-order valence-electron chi connectivity index (χ2n) is 6.92. The maximum atomic E-state index is 12.6. The molecule has 0 atom stereocenters. The minimum atomic E-state index is -0.544. The van der Waals surface area contributed by atoms with Crippen LogP contribution in [0.4, 0.5) is 0 Å². The molecule has 2 aromatic carbocycles. The lowest BCUT2D eigenvalue weighted by molar-refractivity contribution is -0.121. The highest BCUT2D eigenvalue weighted by molar-refractivity contribution is 5.97. The summed E-state index contributed by atoms with van der Waals surface area (Å²) in [4.78, 5) is 36.9. The Kier molecular flexibility index (Phi) is 10.0. The number of ether oxygens (including phenoxy) is 3.